The minimum atomic E-state index is -0.808. The van der Waals surface area contributed by atoms with Crippen molar-refractivity contribution in [3.05, 3.63) is 117 Å². The number of anilines is 1. The molecule has 1 amide bonds. The van der Waals surface area contributed by atoms with Gasteiger partial charge in [-0.15, -0.1) is 0 Å². The lowest BCUT2D eigenvalue weighted by atomic mass is 10.1. The summed E-state index contributed by atoms with van der Waals surface area (Å²) in [4.78, 5) is 33.2. The second-order valence-electron chi connectivity index (χ2n) is 8.67. The van der Waals surface area contributed by atoms with Crippen molar-refractivity contribution in [3.63, 3.8) is 0 Å². The number of hydrogen-bond acceptors (Lipinski definition) is 7. The largest absolute Gasteiger partial charge is 0.387 e. The fourth-order valence-corrected chi connectivity index (χ4v) is 5.23. The van der Waals surface area contributed by atoms with Crippen LogP contribution in [0.25, 0.3) is 11.7 Å². The highest BCUT2D eigenvalue weighted by atomic mass is 32.2. The second-order valence-corrected chi connectivity index (χ2v) is 10.3. The molecule has 3 heterocycles. The van der Waals surface area contributed by atoms with Gasteiger partial charge in [0.2, 0.25) is 0 Å². The number of carbonyl (C=O) groups is 1. The van der Waals surface area contributed by atoms with E-state index in [4.69, 9.17) is 12.2 Å². The van der Waals surface area contributed by atoms with Crippen molar-refractivity contribution in [1.29, 1.82) is 0 Å². The first-order chi connectivity index (χ1) is 17.9. The third kappa shape index (κ3) is 5.34. The van der Waals surface area contributed by atoms with Gasteiger partial charge in [0.25, 0.3) is 11.5 Å². The first-order valence-corrected chi connectivity index (χ1v) is 12.9. The van der Waals surface area contributed by atoms with Gasteiger partial charge in [-0.05, 0) is 36.3 Å². The lowest BCUT2D eigenvalue weighted by molar-refractivity contribution is -0.122. The number of thioether (sulfide) groups is 1. The molecule has 0 radical (unpaired) electrons. The summed E-state index contributed by atoms with van der Waals surface area (Å²) in [5.41, 5.74) is 3.19. The number of aliphatic hydroxyl groups excluding tert-OH is 1. The smallest absolute Gasteiger partial charge is 0.267 e. The molecule has 9 heteroatoms. The minimum Gasteiger partial charge on any atom is -0.387 e. The van der Waals surface area contributed by atoms with Gasteiger partial charge in [0.1, 0.15) is 15.8 Å². The van der Waals surface area contributed by atoms with Crippen LogP contribution in [0.2, 0.25) is 0 Å². The molecule has 1 aliphatic rings. The number of hydrogen-bond donors (Lipinski definition) is 2. The number of fused-ring (bicyclic) bond motifs is 1. The van der Waals surface area contributed by atoms with E-state index in [1.807, 2.05) is 61.5 Å². The van der Waals surface area contributed by atoms with Crippen LogP contribution in [0.4, 0.5) is 5.82 Å². The average molecular weight is 529 g/mol. The summed E-state index contributed by atoms with van der Waals surface area (Å²) >= 11 is 6.66. The van der Waals surface area contributed by atoms with Crippen LogP contribution in [-0.4, -0.2) is 36.2 Å². The van der Waals surface area contributed by atoms with E-state index in [-0.39, 0.29) is 29.4 Å². The molecule has 1 atom stereocenters. The van der Waals surface area contributed by atoms with Crippen LogP contribution < -0.4 is 10.9 Å². The molecule has 0 aliphatic carbocycles. The van der Waals surface area contributed by atoms with Gasteiger partial charge in [-0.25, -0.2) is 4.98 Å². The molecule has 1 fully saturated rings. The highest BCUT2D eigenvalue weighted by Gasteiger charge is 2.32. The Morgan fingerprint density at radius 2 is 1.78 bits per heavy atom. The molecule has 1 saturated heterocycles. The van der Waals surface area contributed by atoms with Crippen molar-refractivity contribution < 1.29 is 9.90 Å². The first-order valence-electron chi connectivity index (χ1n) is 11.7. The predicted octanol–water partition coefficient (Wildman–Crippen LogP) is 4.55. The normalized spacial score (nSPS) is 15.5. The van der Waals surface area contributed by atoms with Crippen LogP contribution in [0.3, 0.4) is 0 Å². The number of carbonyl (C=O) groups excluding carboxylic acids is 1. The van der Waals surface area contributed by atoms with Crippen molar-refractivity contribution in [2.45, 2.75) is 19.6 Å². The quantitative estimate of drug-likeness (QED) is 0.269. The van der Waals surface area contributed by atoms with Crippen molar-refractivity contribution in [1.82, 2.24) is 14.3 Å². The molecule has 186 valence electrons. The number of nitrogens with one attached hydrogen (secondary N) is 1. The van der Waals surface area contributed by atoms with Crippen LogP contribution in [0.15, 0.2) is 88.7 Å². The van der Waals surface area contributed by atoms with Gasteiger partial charge < -0.3 is 10.4 Å². The Morgan fingerprint density at radius 3 is 2.54 bits per heavy atom. The zero-order chi connectivity index (χ0) is 25.9. The van der Waals surface area contributed by atoms with Gasteiger partial charge in [0, 0.05) is 12.7 Å². The fraction of sp³-hybridized carbons (Fsp3) is 0.143. The summed E-state index contributed by atoms with van der Waals surface area (Å²) < 4.78 is 1.86. The number of thiocarbonyl (C=S) groups is 1. The van der Waals surface area contributed by atoms with E-state index < -0.39 is 6.10 Å². The standard InChI is InChI=1S/C28H24N4O3S2/c1-18-10-12-19(13-11-18)17-32-27(35)23(37-28(32)36)15-21-25(29-16-22(33)20-7-3-2-4-8-20)30-24-9-5-6-14-31(24)26(21)34/h2-15,22,29,33H,16-17H2,1H3/b23-15-. The van der Waals surface area contributed by atoms with Crippen LogP contribution in [-0.2, 0) is 11.3 Å². The van der Waals surface area contributed by atoms with Crippen LogP contribution >= 0.6 is 24.0 Å². The number of aryl methyl sites for hydroxylation is 1. The van der Waals surface area contributed by atoms with E-state index in [0.717, 1.165) is 28.5 Å². The van der Waals surface area contributed by atoms with Gasteiger partial charge in [-0.1, -0.05) is 90.2 Å². The molecular formula is C28H24N4O3S2. The first kappa shape index (κ1) is 24.9. The number of benzene rings is 2. The van der Waals surface area contributed by atoms with E-state index in [1.54, 1.807) is 30.5 Å². The van der Waals surface area contributed by atoms with Crippen LogP contribution in [0, 0.1) is 6.92 Å². The average Bonchev–Trinajstić information content (AvgIpc) is 3.18. The molecule has 2 aromatic carbocycles. The molecule has 0 bridgehead atoms. The Kier molecular flexibility index (Phi) is 7.18. The SMILES string of the molecule is Cc1ccc(CN2C(=O)/C(=C/c3c(NCC(O)c4ccccc4)nc4ccccn4c3=O)SC2=S)cc1. The lowest BCUT2D eigenvalue weighted by Gasteiger charge is -2.15. The van der Waals surface area contributed by atoms with Crippen molar-refractivity contribution in [3.8, 4) is 0 Å². The zero-order valence-corrected chi connectivity index (χ0v) is 21.6. The Morgan fingerprint density at radius 1 is 1.05 bits per heavy atom. The summed E-state index contributed by atoms with van der Waals surface area (Å²) in [6.45, 7) is 2.49. The highest BCUT2D eigenvalue weighted by molar-refractivity contribution is 8.26. The second kappa shape index (κ2) is 10.7. The van der Waals surface area contributed by atoms with Crippen molar-refractivity contribution in [2.24, 2.45) is 0 Å². The summed E-state index contributed by atoms with van der Waals surface area (Å²) in [5, 5.41) is 13.8. The summed E-state index contributed by atoms with van der Waals surface area (Å²) in [5.74, 6) is 0.0263. The molecule has 2 N–H and O–H groups in total. The molecule has 2 aromatic heterocycles. The van der Waals surface area contributed by atoms with E-state index in [1.165, 1.54) is 9.30 Å². The van der Waals surface area contributed by atoms with Crippen molar-refractivity contribution >= 4 is 51.7 Å². The van der Waals surface area contributed by atoms with E-state index in [0.29, 0.717) is 21.4 Å². The molecule has 1 unspecified atom stereocenters. The zero-order valence-electron chi connectivity index (χ0n) is 20.0. The molecule has 4 aromatic rings. The lowest BCUT2D eigenvalue weighted by Crippen LogP contribution is -2.27. The molecule has 7 nitrogen and oxygen atoms in total. The summed E-state index contributed by atoms with van der Waals surface area (Å²) in [6.07, 6.45) is 2.37. The van der Waals surface area contributed by atoms with E-state index in [9.17, 15) is 14.7 Å². The third-order valence-corrected chi connectivity index (χ3v) is 7.40. The number of aliphatic hydroxyl groups is 1. The molecule has 0 saturated carbocycles. The molecule has 1 aliphatic heterocycles. The fourth-order valence-electron chi connectivity index (χ4n) is 4.00. The highest BCUT2D eigenvalue weighted by Crippen LogP contribution is 2.34. The number of amides is 1. The van der Waals surface area contributed by atoms with Crippen LogP contribution in [0.1, 0.15) is 28.4 Å². The molecular weight excluding hydrogens is 504 g/mol. The molecule has 0 spiro atoms. The monoisotopic (exact) mass is 528 g/mol. The maximum Gasteiger partial charge on any atom is 0.267 e. The van der Waals surface area contributed by atoms with Crippen LogP contribution in [0.5, 0.6) is 0 Å². The van der Waals surface area contributed by atoms with Gasteiger partial charge >= 0.3 is 0 Å². The maximum atomic E-state index is 13.5. The van der Waals surface area contributed by atoms with Crippen molar-refractivity contribution in [2.75, 3.05) is 11.9 Å². The minimum absolute atomic E-state index is 0.134. The Bertz CT molecular complexity index is 1570. The Balaban J connectivity index is 1.47. The number of rotatable bonds is 7. The van der Waals surface area contributed by atoms with Gasteiger partial charge in [-0.2, -0.15) is 0 Å². The topological polar surface area (TPSA) is 86.9 Å². The maximum absolute atomic E-state index is 13.5. The van der Waals surface area contributed by atoms with E-state index >= 15 is 0 Å². The van der Waals surface area contributed by atoms with Gasteiger partial charge in [0.15, 0.2) is 0 Å². The Labute approximate surface area is 223 Å². The van der Waals surface area contributed by atoms with E-state index in [2.05, 4.69) is 10.3 Å². The van der Waals surface area contributed by atoms with Gasteiger partial charge in [-0.3, -0.25) is 18.9 Å². The van der Waals surface area contributed by atoms with Gasteiger partial charge in [0.05, 0.1) is 23.1 Å². The predicted molar refractivity (Wildman–Crippen MR) is 151 cm³/mol. The number of nitrogens with zero attached hydrogens (tertiary/aromatic N) is 3. The number of pyridine rings is 1. The molecule has 37 heavy (non-hydrogen) atoms. The number of aromatic nitrogens is 2. The third-order valence-electron chi connectivity index (χ3n) is 6.03. The summed E-state index contributed by atoms with van der Waals surface area (Å²) in [6, 6.07) is 22.4. The summed E-state index contributed by atoms with van der Waals surface area (Å²) in [7, 11) is 0. The Hall–Kier alpha value is -3.79. The molecule has 5 rings (SSSR count).